The van der Waals surface area contributed by atoms with E-state index >= 15 is 0 Å². The van der Waals surface area contributed by atoms with E-state index in [2.05, 4.69) is 129 Å². The SMILES string of the molecule is CCOC(=O)C(=O)c1ccc(Br)cc1C.CCOC(=O)C(=O)c1ccc(Br)cc1CBr.CCOC(=O)C(=O)c1ccc(Br)cc1CON1C(=O)c2ccccc2C1=O.CCOC(=O)C1=NOCc2cc(Br)ccc21.Cc1cccc(Br)c1. The minimum absolute atomic E-state index is 0.0714. The molecule has 0 fully saturated rings. The summed E-state index contributed by atoms with van der Waals surface area (Å²) in [7, 11) is 0. The number of imide groups is 1. The molecule has 2 heterocycles. The van der Waals surface area contributed by atoms with Crippen LogP contribution in [0.3, 0.4) is 0 Å². The molecule has 82 heavy (non-hydrogen) atoms. The van der Waals surface area contributed by atoms with Gasteiger partial charge in [-0.05, 0) is 149 Å². The second kappa shape index (κ2) is 34.3. The fourth-order valence-electron chi connectivity index (χ4n) is 7.10. The molecule has 8 rings (SSSR count). The van der Waals surface area contributed by atoms with Gasteiger partial charge in [-0.25, -0.2) is 19.2 Å². The van der Waals surface area contributed by atoms with Crippen LogP contribution in [-0.2, 0) is 66.3 Å². The molecule has 0 saturated carbocycles. The van der Waals surface area contributed by atoms with Crippen molar-refractivity contribution in [2.75, 3.05) is 26.4 Å². The van der Waals surface area contributed by atoms with Gasteiger partial charge in [-0.1, -0.05) is 137 Å². The summed E-state index contributed by atoms with van der Waals surface area (Å²) in [5, 5.41) is 4.91. The minimum Gasteiger partial charge on any atom is -0.461 e. The van der Waals surface area contributed by atoms with Crippen molar-refractivity contribution in [2.45, 2.75) is 60.1 Å². The highest BCUT2D eigenvalue weighted by Crippen LogP contribution is 2.27. The predicted octanol–water partition coefficient (Wildman–Crippen LogP) is 13.5. The van der Waals surface area contributed by atoms with Crippen LogP contribution in [0.25, 0.3) is 0 Å². The largest absolute Gasteiger partial charge is 0.461 e. The van der Waals surface area contributed by atoms with Gasteiger partial charge in [0, 0.05) is 55.5 Å². The number of benzene rings is 6. The van der Waals surface area contributed by atoms with Gasteiger partial charge in [-0.15, -0.1) is 5.06 Å². The average Bonchev–Trinajstić information content (AvgIpc) is 3.76. The number of amides is 2. The van der Waals surface area contributed by atoms with Crippen molar-refractivity contribution in [3.05, 3.63) is 205 Å². The Labute approximate surface area is 523 Å². The smallest absolute Gasteiger partial charge is 0.379 e. The van der Waals surface area contributed by atoms with Crippen molar-refractivity contribution < 1.29 is 71.8 Å². The van der Waals surface area contributed by atoms with E-state index < -0.39 is 53.0 Å². The van der Waals surface area contributed by atoms with E-state index in [4.69, 9.17) is 19.1 Å². The van der Waals surface area contributed by atoms with E-state index in [-0.39, 0.29) is 48.8 Å². The molecule has 2 amide bonds. The number of ketones is 3. The molecule has 0 spiro atoms. The third-order valence-corrected chi connectivity index (χ3v) is 13.9. The lowest BCUT2D eigenvalue weighted by Gasteiger charge is -2.15. The molecule has 0 aliphatic carbocycles. The number of esters is 4. The number of hydroxylamine groups is 2. The van der Waals surface area contributed by atoms with Gasteiger partial charge in [0.2, 0.25) is 0 Å². The van der Waals surface area contributed by atoms with Crippen molar-refractivity contribution >= 4 is 154 Å². The number of ether oxygens (including phenoxy) is 4. The van der Waals surface area contributed by atoms with Gasteiger partial charge in [0.25, 0.3) is 29.2 Å². The average molecular weight is 1510 g/mol. The number of aryl methyl sites for hydroxylation is 2. The molecule has 0 saturated heterocycles. The van der Waals surface area contributed by atoms with Crippen molar-refractivity contribution in [3.63, 3.8) is 0 Å². The fraction of sp³-hybridized carbons (Fsp3) is 0.220. The number of carbonyl (C=O) groups excluding carboxylic acids is 9. The summed E-state index contributed by atoms with van der Waals surface area (Å²) >= 11 is 19.9. The summed E-state index contributed by atoms with van der Waals surface area (Å²) in [6.07, 6.45) is 0. The number of halogens is 6. The molecular weight excluding hydrogens is 1460 g/mol. The Morgan fingerprint density at radius 2 is 0.963 bits per heavy atom. The number of hydrogen-bond acceptors (Lipinski definition) is 16. The van der Waals surface area contributed by atoms with Crippen LogP contribution in [0.4, 0.5) is 0 Å². The molecule has 6 aromatic rings. The van der Waals surface area contributed by atoms with Crippen LogP contribution < -0.4 is 0 Å². The zero-order valence-electron chi connectivity index (χ0n) is 44.8. The van der Waals surface area contributed by atoms with E-state index in [1.54, 1.807) is 95.3 Å². The highest BCUT2D eigenvalue weighted by molar-refractivity contribution is 9.11. The van der Waals surface area contributed by atoms with Crippen LogP contribution in [0, 0.1) is 13.8 Å². The summed E-state index contributed by atoms with van der Waals surface area (Å²) in [6, 6.07) is 35.0. The number of nitrogens with zero attached hydrogens (tertiary/aromatic N) is 2. The number of oxime groups is 1. The molecule has 0 unspecified atom stereocenters. The monoisotopic (exact) mass is 1500 g/mol. The first-order chi connectivity index (χ1) is 39.1. The highest BCUT2D eigenvalue weighted by Gasteiger charge is 2.37. The quantitative estimate of drug-likeness (QED) is 0.0233. The molecule has 2 aliphatic heterocycles. The zero-order valence-corrected chi connectivity index (χ0v) is 54.3. The van der Waals surface area contributed by atoms with Gasteiger partial charge in [0.15, 0.2) is 5.71 Å². The first-order valence-electron chi connectivity index (χ1n) is 24.6. The molecule has 2 aliphatic rings. The Bertz CT molecular complexity index is 3320. The molecule has 0 radical (unpaired) electrons. The Kier molecular flexibility index (Phi) is 28.5. The molecule has 0 bridgehead atoms. The van der Waals surface area contributed by atoms with Crippen molar-refractivity contribution in [1.29, 1.82) is 0 Å². The van der Waals surface area contributed by atoms with Crippen LogP contribution >= 0.6 is 95.6 Å². The number of rotatable bonds is 15. The lowest BCUT2D eigenvalue weighted by atomic mass is 10.0. The van der Waals surface area contributed by atoms with E-state index in [0.717, 1.165) is 40.1 Å². The molecule has 0 N–H and O–H groups in total. The van der Waals surface area contributed by atoms with E-state index in [1.165, 1.54) is 23.8 Å². The Morgan fingerprint density at radius 3 is 1.44 bits per heavy atom. The van der Waals surface area contributed by atoms with Crippen LogP contribution in [-0.4, -0.2) is 90.2 Å². The maximum atomic E-state index is 12.3. The first kappa shape index (κ1) is 68.2. The van der Waals surface area contributed by atoms with Crippen LogP contribution in [0.5, 0.6) is 0 Å². The Morgan fingerprint density at radius 1 is 0.512 bits per heavy atom. The molecule has 0 aromatic heterocycles. The van der Waals surface area contributed by atoms with Gasteiger partial charge in [-0.3, -0.25) is 28.8 Å². The third-order valence-electron chi connectivity index (χ3n) is 10.8. The molecule has 17 nitrogen and oxygen atoms in total. The second-order valence-corrected chi connectivity index (χ2v) is 21.7. The van der Waals surface area contributed by atoms with Crippen LogP contribution in [0.1, 0.15) is 113 Å². The molecule has 0 atom stereocenters. The zero-order chi connectivity index (χ0) is 60.6. The molecule has 6 aromatic carbocycles. The Balaban J connectivity index is 0.000000231. The molecule has 23 heteroatoms. The van der Waals surface area contributed by atoms with Gasteiger partial charge in [0.1, 0.15) is 13.2 Å². The fourth-order valence-corrected chi connectivity index (χ4v) is 9.78. The number of alkyl halides is 1. The number of fused-ring (bicyclic) bond motifs is 2. The lowest BCUT2D eigenvalue weighted by Crippen LogP contribution is -2.30. The summed E-state index contributed by atoms with van der Waals surface area (Å²) in [5.41, 5.74) is 6.40. The van der Waals surface area contributed by atoms with Crippen LogP contribution in [0.15, 0.2) is 149 Å². The number of hydrogen-bond donors (Lipinski definition) is 0. The van der Waals surface area contributed by atoms with Crippen molar-refractivity contribution in [1.82, 2.24) is 5.06 Å². The minimum atomic E-state index is -0.984. The van der Waals surface area contributed by atoms with E-state index in [0.29, 0.717) is 44.8 Å². The topological polar surface area (TPSA) is 225 Å². The van der Waals surface area contributed by atoms with E-state index in [9.17, 15) is 43.2 Å². The number of Topliss-reactive ketones (excluding diaryl/α,β-unsaturated/α-hetero) is 3. The van der Waals surface area contributed by atoms with E-state index in [1.807, 2.05) is 30.3 Å². The summed E-state index contributed by atoms with van der Waals surface area (Å²) in [4.78, 5) is 116. The van der Waals surface area contributed by atoms with Gasteiger partial charge in [-0.2, -0.15) is 0 Å². The maximum Gasteiger partial charge on any atom is 0.379 e. The third kappa shape index (κ3) is 19.9. The second-order valence-electron chi connectivity index (χ2n) is 16.6. The lowest BCUT2D eigenvalue weighted by molar-refractivity contribution is -0.138. The standard InChI is InChI=1S/C19H14BrNO6.C11H10Br2O3.C11H10BrNO3.C11H11BrO3.C7H7Br/c1-2-26-19(25)16(22)13-8-7-12(20)9-11(13)10-27-21-17(23)14-5-3-4-6-15(14)18(21)24;1-2-16-11(15)10(14)9-4-3-8(13)5-7(9)6-12;1-2-15-11(14)10-9-4-3-8(12)5-7(9)6-16-13-10;1-3-15-11(14)10(13)9-5-4-8(12)6-7(9)2;1-6-3-2-4-7(8)5-6/h3-9H,2,10H2,1H3;2*3-5H,2,6H2,1H3;4-6H,3H2,1-2H3;2-5H,1H3. The molecule has 430 valence electrons. The van der Waals surface area contributed by atoms with Crippen molar-refractivity contribution in [2.24, 2.45) is 5.16 Å². The van der Waals surface area contributed by atoms with Crippen LogP contribution in [0.2, 0.25) is 0 Å². The normalized spacial score (nSPS) is 11.5. The summed E-state index contributed by atoms with van der Waals surface area (Å²) < 4.78 is 23.4. The van der Waals surface area contributed by atoms with Crippen molar-refractivity contribution in [3.8, 4) is 0 Å². The summed E-state index contributed by atoms with van der Waals surface area (Å²) in [6.45, 7) is 11.4. The van der Waals surface area contributed by atoms with Gasteiger partial charge >= 0.3 is 23.9 Å². The Hall–Kier alpha value is -6.34. The predicted molar refractivity (Wildman–Crippen MR) is 325 cm³/mol. The number of carbonyl (C=O) groups is 9. The van der Waals surface area contributed by atoms with Gasteiger partial charge in [0.05, 0.1) is 37.6 Å². The van der Waals surface area contributed by atoms with Gasteiger partial charge < -0.3 is 23.8 Å². The highest BCUT2D eigenvalue weighted by atomic mass is 79.9. The summed E-state index contributed by atoms with van der Waals surface area (Å²) in [5.74, 6) is -6.24. The maximum absolute atomic E-state index is 12.3. The first-order valence-corrected chi connectivity index (χ1v) is 29.7. The molecular formula is C59H52Br6N2O15.